The quantitative estimate of drug-likeness (QED) is 0.750. The summed E-state index contributed by atoms with van der Waals surface area (Å²) in [5.41, 5.74) is -0.440. The van der Waals surface area contributed by atoms with Gasteiger partial charge in [-0.05, 0) is 38.0 Å². The van der Waals surface area contributed by atoms with Crippen molar-refractivity contribution in [1.82, 2.24) is 0 Å². The van der Waals surface area contributed by atoms with Gasteiger partial charge < -0.3 is 9.47 Å². The predicted molar refractivity (Wildman–Crippen MR) is 81.9 cm³/mol. The highest BCUT2D eigenvalue weighted by atomic mass is 16.6. The minimum absolute atomic E-state index is 0.0182. The molecule has 2 aliphatic heterocycles. The number of rotatable bonds is 3. The third-order valence-corrected chi connectivity index (χ3v) is 5.81. The summed E-state index contributed by atoms with van der Waals surface area (Å²) in [7, 11) is 0. The van der Waals surface area contributed by atoms with Gasteiger partial charge in [0.05, 0.1) is 5.41 Å². The van der Waals surface area contributed by atoms with E-state index in [0.717, 1.165) is 12.8 Å². The van der Waals surface area contributed by atoms with Crippen LogP contribution in [0.4, 0.5) is 0 Å². The number of carbonyl (C=O) groups is 2. The Morgan fingerprint density at radius 1 is 1.32 bits per heavy atom. The van der Waals surface area contributed by atoms with Crippen molar-refractivity contribution >= 4 is 11.9 Å². The fourth-order valence-corrected chi connectivity index (χ4v) is 4.97. The Balaban J connectivity index is 1.72. The van der Waals surface area contributed by atoms with E-state index in [2.05, 4.69) is 27.7 Å². The van der Waals surface area contributed by atoms with E-state index in [1.807, 2.05) is 13.8 Å². The Morgan fingerprint density at radius 3 is 2.55 bits per heavy atom. The summed E-state index contributed by atoms with van der Waals surface area (Å²) in [4.78, 5) is 24.4. The molecule has 1 spiro atoms. The SMILES string of the molecule is CC1C2OC(=O)CC3CC31C2OC(=O)C(C)(C)CC(C)(C)C. The highest BCUT2D eigenvalue weighted by Gasteiger charge is 2.77. The fourth-order valence-electron chi connectivity index (χ4n) is 4.97. The molecule has 2 bridgehead atoms. The topological polar surface area (TPSA) is 52.6 Å². The van der Waals surface area contributed by atoms with Crippen molar-refractivity contribution < 1.29 is 19.1 Å². The summed E-state index contributed by atoms with van der Waals surface area (Å²) in [5.74, 6) is 0.366. The third-order valence-electron chi connectivity index (χ3n) is 5.81. The van der Waals surface area contributed by atoms with Gasteiger partial charge in [0.2, 0.25) is 0 Å². The van der Waals surface area contributed by atoms with Crippen molar-refractivity contribution in [3.05, 3.63) is 0 Å². The Hall–Kier alpha value is -1.06. The lowest BCUT2D eigenvalue weighted by Crippen LogP contribution is -2.60. The number of carbonyl (C=O) groups excluding carboxylic acids is 2. The molecule has 4 nitrogen and oxygen atoms in total. The highest BCUT2D eigenvalue weighted by molar-refractivity contribution is 5.77. The van der Waals surface area contributed by atoms with Crippen LogP contribution in [0.5, 0.6) is 0 Å². The zero-order chi connectivity index (χ0) is 16.5. The monoisotopic (exact) mass is 308 g/mol. The van der Waals surface area contributed by atoms with Crippen LogP contribution >= 0.6 is 0 Å². The van der Waals surface area contributed by atoms with Gasteiger partial charge >= 0.3 is 11.9 Å². The minimum Gasteiger partial charge on any atom is -0.458 e. The van der Waals surface area contributed by atoms with Crippen LogP contribution in [0.15, 0.2) is 0 Å². The van der Waals surface area contributed by atoms with Gasteiger partial charge in [-0.3, -0.25) is 9.59 Å². The summed E-state index contributed by atoms with van der Waals surface area (Å²) in [6, 6.07) is 0. The first-order valence-electron chi connectivity index (χ1n) is 8.38. The molecule has 0 amide bonds. The lowest BCUT2D eigenvalue weighted by Gasteiger charge is -2.49. The van der Waals surface area contributed by atoms with Crippen molar-refractivity contribution in [2.45, 2.75) is 73.0 Å². The molecule has 0 aromatic carbocycles. The molecule has 4 heteroatoms. The Bertz CT molecular complexity index is 516. The molecule has 5 atom stereocenters. The second-order valence-electron chi connectivity index (χ2n) is 9.41. The van der Waals surface area contributed by atoms with Crippen molar-refractivity contribution in [1.29, 1.82) is 0 Å². The van der Waals surface area contributed by atoms with E-state index in [0.29, 0.717) is 18.3 Å². The molecule has 2 saturated carbocycles. The van der Waals surface area contributed by atoms with Crippen LogP contribution in [-0.2, 0) is 19.1 Å². The molecule has 4 fully saturated rings. The molecule has 124 valence electrons. The number of hydrogen-bond donors (Lipinski definition) is 0. The summed E-state index contributed by atoms with van der Waals surface area (Å²) in [6.07, 6.45) is 1.78. The second kappa shape index (κ2) is 4.48. The van der Waals surface area contributed by atoms with Crippen molar-refractivity contribution in [3.63, 3.8) is 0 Å². The van der Waals surface area contributed by atoms with Crippen LogP contribution in [0.2, 0.25) is 0 Å². The molecule has 0 radical (unpaired) electrons. The molecule has 2 saturated heterocycles. The van der Waals surface area contributed by atoms with Gasteiger partial charge in [-0.2, -0.15) is 0 Å². The molecule has 0 aromatic rings. The van der Waals surface area contributed by atoms with Crippen LogP contribution in [-0.4, -0.2) is 24.1 Å². The fraction of sp³-hybridized carbons (Fsp3) is 0.889. The number of ether oxygens (including phenoxy) is 2. The maximum Gasteiger partial charge on any atom is 0.311 e. The maximum atomic E-state index is 12.7. The van der Waals surface area contributed by atoms with Crippen LogP contribution in [0.1, 0.15) is 60.8 Å². The smallest absolute Gasteiger partial charge is 0.311 e. The lowest BCUT2D eigenvalue weighted by molar-refractivity contribution is -0.217. The molecule has 0 N–H and O–H groups in total. The van der Waals surface area contributed by atoms with Crippen LogP contribution in [0, 0.1) is 28.1 Å². The molecule has 22 heavy (non-hydrogen) atoms. The average molecular weight is 308 g/mol. The number of fused-ring (bicyclic) bond motifs is 2. The number of hydrogen-bond acceptors (Lipinski definition) is 4. The van der Waals surface area contributed by atoms with Crippen LogP contribution in [0.3, 0.4) is 0 Å². The number of esters is 2. The van der Waals surface area contributed by atoms with Gasteiger partial charge in [0, 0.05) is 17.8 Å². The van der Waals surface area contributed by atoms with Crippen molar-refractivity contribution in [3.8, 4) is 0 Å². The molecular formula is C18H28O4. The van der Waals surface area contributed by atoms with Gasteiger partial charge in [-0.15, -0.1) is 0 Å². The predicted octanol–water partition coefficient (Wildman–Crippen LogP) is 3.33. The van der Waals surface area contributed by atoms with Crippen molar-refractivity contribution in [2.24, 2.45) is 28.1 Å². The Labute approximate surface area is 132 Å². The molecule has 4 aliphatic rings. The van der Waals surface area contributed by atoms with E-state index in [1.165, 1.54) is 0 Å². The van der Waals surface area contributed by atoms with Crippen LogP contribution < -0.4 is 0 Å². The van der Waals surface area contributed by atoms with Gasteiger partial charge in [0.1, 0.15) is 12.2 Å². The Kier molecular flexibility index (Phi) is 3.22. The zero-order valence-electron chi connectivity index (χ0n) is 14.6. The summed E-state index contributed by atoms with van der Waals surface area (Å²) < 4.78 is 11.4. The first-order chi connectivity index (χ1) is 9.97. The molecule has 5 unspecified atom stereocenters. The molecular weight excluding hydrogens is 280 g/mol. The standard InChI is InChI=1S/C18H28O4/c1-10-13-14(18(10)8-11(18)7-12(19)21-13)22-15(20)17(5,6)9-16(2,3)4/h10-11,13-14H,7-9H2,1-6H3. The van der Waals surface area contributed by atoms with E-state index in [9.17, 15) is 9.59 Å². The highest BCUT2D eigenvalue weighted by Crippen LogP contribution is 2.72. The normalized spacial score (nSPS) is 40.0. The summed E-state index contributed by atoms with van der Waals surface area (Å²) in [5, 5.41) is 0. The lowest BCUT2D eigenvalue weighted by atomic mass is 9.64. The van der Waals surface area contributed by atoms with Gasteiger partial charge in [0.15, 0.2) is 0 Å². The Morgan fingerprint density at radius 2 is 1.95 bits per heavy atom. The van der Waals surface area contributed by atoms with E-state index in [-0.39, 0.29) is 35.0 Å². The summed E-state index contributed by atoms with van der Waals surface area (Å²) in [6.45, 7) is 12.4. The average Bonchev–Trinajstić information content (AvgIpc) is 3.07. The van der Waals surface area contributed by atoms with E-state index >= 15 is 0 Å². The summed E-state index contributed by atoms with van der Waals surface area (Å²) >= 11 is 0. The van der Waals surface area contributed by atoms with Gasteiger partial charge in [-0.1, -0.05) is 27.7 Å². The van der Waals surface area contributed by atoms with E-state index < -0.39 is 5.41 Å². The van der Waals surface area contributed by atoms with Gasteiger partial charge in [0.25, 0.3) is 0 Å². The van der Waals surface area contributed by atoms with E-state index in [1.54, 1.807) is 0 Å². The molecule has 4 rings (SSSR count). The maximum absolute atomic E-state index is 12.7. The minimum atomic E-state index is -0.523. The van der Waals surface area contributed by atoms with E-state index in [4.69, 9.17) is 9.47 Å². The van der Waals surface area contributed by atoms with Crippen LogP contribution in [0.25, 0.3) is 0 Å². The largest absolute Gasteiger partial charge is 0.458 e. The zero-order valence-corrected chi connectivity index (χ0v) is 14.6. The first kappa shape index (κ1) is 15.8. The van der Waals surface area contributed by atoms with Crippen molar-refractivity contribution in [2.75, 3.05) is 0 Å². The molecule has 2 heterocycles. The third kappa shape index (κ3) is 2.26. The first-order valence-corrected chi connectivity index (χ1v) is 8.38. The molecule has 0 aromatic heterocycles. The van der Waals surface area contributed by atoms with Gasteiger partial charge in [-0.25, -0.2) is 0 Å². The second-order valence-corrected chi connectivity index (χ2v) is 9.41. The molecule has 2 aliphatic carbocycles.